The van der Waals surface area contributed by atoms with E-state index in [1.807, 2.05) is 11.9 Å². The maximum atomic E-state index is 2.53. The summed E-state index contributed by atoms with van der Waals surface area (Å²) >= 11 is 1.94. The van der Waals surface area contributed by atoms with E-state index >= 15 is 0 Å². The summed E-state index contributed by atoms with van der Waals surface area (Å²) in [5.41, 5.74) is 1.75. The van der Waals surface area contributed by atoms with E-state index in [2.05, 4.69) is 56.3 Å². The molecule has 2 heteroatoms. The Hall–Kier alpha value is -0.470. The van der Waals surface area contributed by atoms with Crippen molar-refractivity contribution in [3.8, 4) is 0 Å². The molecule has 1 aromatic carbocycles. The molecule has 1 nitrogen and oxygen atoms in total. The van der Waals surface area contributed by atoms with E-state index in [1.165, 1.54) is 49.2 Å². The Kier molecular flexibility index (Phi) is 5.57. The predicted molar refractivity (Wildman–Crippen MR) is 90.2 cm³/mol. The van der Waals surface area contributed by atoms with Crippen molar-refractivity contribution in [2.24, 2.45) is 5.92 Å². The van der Waals surface area contributed by atoms with Gasteiger partial charge >= 0.3 is 0 Å². The average molecular weight is 292 g/mol. The third-order valence-corrected chi connectivity index (χ3v) is 6.01. The molecule has 1 saturated heterocycles. The minimum absolute atomic E-state index is 0.294. The Balaban J connectivity index is 1.91. The molecule has 2 rings (SSSR count). The van der Waals surface area contributed by atoms with Gasteiger partial charge in [0.15, 0.2) is 0 Å². The molecule has 1 heterocycles. The molecule has 0 spiro atoms. The van der Waals surface area contributed by atoms with Crippen molar-refractivity contribution in [2.75, 3.05) is 13.1 Å². The molecule has 0 atom stereocenters. The molecule has 1 fully saturated rings. The number of hydrogen-bond donors (Lipinski definition) is 0. The average Bonchev–Trinajstić information content (AvgIpc) is 2.48. The molecule has 20 heavy (non-hydrogen) atoms. The van der Waals surface area contributed by atoms with Crippen LogP contribution in [0.15, 0.2) is 29.2 Å². The predicted octanol–water partition coefficient (Wildman–Crippen LogP) is 5.50. The summed E-state index contributed by atoms with van der Waals surface area (Å²) in [6.45, 7) is 11.7. The molecule has 0 saturated carbocycles. The van der Waals surface area contributed by atoms with Crippen LogP contribution in [0.5, 0.6) is 0 Å². The largest absolute Gasteiger partial charge is 0.246 e. The molecule has 0 aliphatic carbocycles. The Morgan fingerprint density at radius 2 is 1.70 bits per heavy atom. The molecule has 1 aromatic rings. The molecular formula is C18H29NS. The quantitative estimate of drug-likeness (QED) is 0.659. The van der Waals surface area contributed by atoms with Gasteiger partial charge in [0.05, 0.1) is 0 Å². The van der Waals surface area contributed by atoms with Gasteiger partial charge in [-0.05, 0) is 60.2 Å². The second kappa shape index (κ2) is 7.00. The summed E-state index contributed by atoms with van der Waals surface area (Å²) in [6.07, 6.45) is 5.26. The van der Waals surface area contributed by atoms with Crippen LogP contribution in [0, 0.1) is 5.92 Å². The number of rotatable bonds is 5. The lowest BCUT2D eigenvalue weighted by Gasteiger charge is -2.30. The Labute approximate surface area is 129 Å². The SMILES string of the molecule is CCC1CCN(Sc2ccc(C(C)(C)CC)cc2)CC1. The van der Waals surface area contributed by atoms with Crippen molar-refractivity contribution in [3.05, 3.63) is 29.8 Å². The molecule has 1 aliphatic heterocycles. The van der Waals surface area contributed by atoms with E-state index in [0.717, 1.165) is 5.92 Å². The van der Waals surface area contributed by atoms with Crippen LogP contribution < -0.4 is 0 Å². The topological polar surface area (TPSA) is 3.24 Å². The van der Waals surface area contributed by atoms with Gasteiger partial charge in [0.1, 0.15) is 0 Å². The summed E-state index contributed by atoms with van der Waals surface area (Å²) < 4.78 is 2.53. The van der Waals surface area contributed by atoms with Crippen molar-refractivity contribution in [2.45, 2.75) is 63.7 Å². The molecular weight excluding hydrogens is 262 g/mol. The molecule has 112 valence electrons. The normalized spacial score (nSPS) is 18.4. The van der Waals surface area contributed by atoms with Crippen molar-refractivity contribution < 1.29 is 0 Å². The van der Waals surface area contributed by atoms with Gasteiger partial charge in [-0.25, -0.2) is 4.31 Å². The molecule has 0 aromatic heterocycles. The summed E-state index contributed by atoms with van der Waals surface area (Å²) in [4.78, 5) is 1.38. The molecule has 0 amide bonds. The summed E-state index contributed by atoms with van der Waals surface area (Å²) in [7, 11) is 0. The summed E-state index contributed by atoms with van der Waals surface area (Å²) in [5.74, 6) is 0.958. The van der Waals surface area contributed by atoms with Crippen molar-refractivity contribution in [1.29, 1.82) is 0 Å². The minimum atomic E-state index is 0.294. The lowest BCUT2D eigenvalue weighted by Crippen LogP contribution is -2.28. The fourth-order valence-electron chi connectivity index (χ4n) is 2.73. The first-order chi connectivity index (χ1) is 9.55. The highest BCUT2D eigenvalue weighted by Crippen LogP contribution is 2.32. The highest BCUT2D eigenvalue weighted by Gasteiger charge is 2.20. The highest BCUT2D eigenvalue weighted by atomic mass is 32.2. The van der Waals surface area contributed by atoms with Crippen LogP contribution in [0.2, 0.25) is 0 Å². The van der Waals surface area contributed by atoms with E-state index in [4.69, 9.17) is 0 Å². The first-order valence-corrected chi connectivity index (χ1v) is 8.86. The zero-order valence-corrected chi connectivity index (χ0v) is 14.3. The fraction of sp³-hybridized carbons (Fsp3) is 0.667. The van der Waals surface area contributed by atoms with Crippen molar-refractivity contribution in [3.63, 3.8) is 0 Å². The molecule has 0 bridgehead atoms. The van der Waals surface area contributed by atoms with Gasteiger partial charge in [-0.3, -0.25) is 0 Å². The fourth-order valence-corrected chi connectivity index (χ4v) is 3.68. The molecule has 1 aliphatic rings. The number of piperidine rings is 1. The van der Waals surface area contributed by atoms with Gasteiger partial charge in [-0.15, -0.1) is 0 Å². The monoisotopic (exact) mass is 291 g/mol. The second-order valence-corrected chi connectivity index (χ2v) is 7.80. The van der Waals surface area contributed by atoms with E-state index in [1.54, 1.807) is 0 Å². The Bertz CT molecular complexity index is 402. The lowest BCUT2D eigenvalue weighted by molar-refractivity contribution is 0.286. The maximum Gasteiger partial charge on any atom is 0.0230 e. The van der Waals surface area contributed by atoms with E-state index in [9.17, 15) is 0 Å². The van der Waals surface area contributed by atoms with Gasteiger partial charge in [-0.1, -0.05) is 46.2 Å². The Morgan fingerprint density at radius 1 is 1.10 bits per heavy atom. The zero-order valence-electron chi connectivity index (χ0n) is 13.5. The Morgan fingerprint density at radius 3 is 2.20 bits per heavy atom. The van der Waals surface area contributed by atoms with Crippen LogP contribution in [-0.2, 0) is 5.41 Å². The first kappa shape index (κ1) is 15.9. The van der Waals surface area contributed by atoms with Gasteiger partial charge in [-0.2, -0.15) is 0 Å². The third-order valence-electron chi connectivity index (χ3n) is 4.91. The van der Waals surface area contributed by atoms with Crippen LogP contribution in [0.4, 0.5) is 0 Å². The van der Waals surface area contributed by atoms with Crippen LogP contribution in [0.25, 0.3) is 0 Å². The number of hydrogen-bond acceptors (Lipinski definition) is 2. The van der Waals surface area contributed by atoms with E-state index in [0.29, 0.717) is 5.41 Å². The zero-order chi connectivity index (χ0) is 14.6. The van der Waals surface area contributed by atoms with Crippen LogP contribution in [-0.4, -0.2) is 17.4 Å². The summed E-state index contributed by atoms with van der Waals surface area (Å²) in [6, 6.07) is 9.21. The lowest BCUT2D eigenvalue weighted by atomic mass is 9.82. The standard InChI is InChI=1S/C18H29NS/c1-5-15-11-13-19(14-12-15)20-17-9-7-16(8-10-17)18(3,4)6-2/h7-10,15H,5-6,11-14H2,1-4H3. The smallest absolute Gasteiger partial charge is 0.0230 e. The second-order valence-electron chi connectivity index (χ2n) is 6.63. The molecule has 0 N–H and O–H groups in total. The summed E-state index contributed by atoms with van der Waals surface area (Å²) in [5, 5.41) is 0. The third kappa shape index (κ3) is 4.02. The van der Waals surface area contributed by atoms with Crippen LogP contribution in [0.1, 0.15) is 58.9 Å². The van der Waals surface area contributed by atoms with E-state index < -0.39 is 0 Å². The molecule has 0 unspecified atom stereocenters. The van der Waals surface area contributed by atoms with Gasteiger partial charge in [0.25, 0.3) is 0 Å². The number of nitrogens with zero attached hydrogens (tertiary/aromatic N) is 1. The minimum Gasteiger partial charge on any atom is -0.246 e. The number of benzene rings is 1. The first-order valence-electron chi connectivity index (χ1n) is 8.08. The van der Waals surface area contributed by atoms with Gasteiger partial charge < -0.3 is 0 Å². The van der Waals surface area contributed by atoms with Crippen LogP contribution in [0.3, 0.4) is 0 Å². The van der Waals surface area contributed by atoms with Crippen molar-refractivity contribution >= 4 is 11.9 Å². The maximum absolute atomic E-state index is 2.53. The van der Waals surface area contributed by atoms with Gasteiger partial charge in [0, 0.05) is 18.0 Å². The van der Waals surface area contributed by atoms with E-state index in [-0.39, 0.29) is 0 Å². The van der Waals surface area contributed by atoms with Crippen LogP contribution >= 0.6 is 11.9 Å². The van der Waals surface area contributed by atoms with Crippen molar-refractivity contribution in [1.82, 2.24) is 4.31 Å². The molecule has 0 radical (unpaired) electrons. The van der Waals surface area contributed by atoms with Gasteiger partial charge in [0.2, 0.25) is 0 Å². The highest BCUT2D eigenvalue weighted by molar-refractivity contribution is 7.97.